The lowest BCUT2D eigenvalue weighted by Gasteiger charge is -2.13. The van der Waals surface area contributed by atoms with Crippen molar-refractivity contribution in [2.24, 2.45) is 0 Å². The highest BCUT2D eigenvalue weighted by molar-refractivity contribution is 5.79. The van der Waals surface area contributed by atoms with Gasteiger partial charge in [0.2, 0.25) is 0 Å². The molecule has 54 heavy (non-hydrogen) atoms. The molecule has 1 aliphatic carbocycles. The van der Waals surface area contributed by atoms with Crippen LogP contribution in [-0.2, 0) is 28.5 Å². The average molecular weight is 751 g/mol. The molecule has 292 valence electrons. The van der Waals surface area contributed by atoms with Gasteiger partial charge in [-0.3, -0.25) is 4.79 Å². The minimum Gasteiger partial charge on any atom is -0.493 e. The van der Waals surface area contributed by atoms with E-state index in [4.69, 9.17) is 43.5 Å². The van der Waals surface area contributed by atoms with Crippen molar-refractivity contribution in [3.05, 3.63) is 158 Å². The molecule has 0 unspecified atom stereocenters. The molecular weight excluding hydrogens is 698 g/mol. The van der Waals surface area contributed by atoms with Crippen LogP contribution in [0.3, 0.4) is 0 Å². The molecule has 2 N–H and O–H groups in total. The number of aldehydes is 1. The summed E-state index contributed by atoms with van der Waals surface area (Å²) in [6.45, 7) is 11.2. The maximum atomic E-state index is 12.4. The number of allylic oxidation sites excluding steroid dienone is 13. The van der Waals surface area contributed by atoms with Crippen molar-refractivity contribution in [3.8, 4) is 16.9 Å². The van der Waals surface area contributed by atoms with Crippen molar-refractivity contribution in [1.29, 1.82) is 0 Å². The van der Waals surface area contributed by atoms with Gasteiger partial charge < -0.3 is 38.7 Å². The lowest BCUT2D eigenvalue weighted by Crippen LogP contribution is -2.06. The Bertz CT molecular complexity index is 1510. The van der Waals surface area contributed by atoms with Gasteiger partial charge in [0.1, 0.15) is 57.1 Å². The number of aliphatic hydroxyl groups is 2. The Hall–Kier alpha value is -5.46. The number of halogens is 2. The van der Waals surface area contributed by atoms with Crippen LogP contribution in [0.25, 0.3) is 16.7 Å². The molecular formula is C43H52F2O9. The van der Waals surface area contributed by atoms with Crippen LogP contribution in [0.15, 0.2) is 152 Å². The number of hydrogen-bond donors (Lipinski definition) is 2. The van der Waals surface area contributed by atoms with Gasteiger partial charge >= 0.3 is 0 Å². The second kappa shape index (κ2) is 34.6. The summed E-state index contributed by atoms with van der Waals surface area (Å²) in [5.41, 5.74) is 3.83. The number of ether oxygens (including phenoxy) is 5. The molecule has 0 heterocycles. The molecule has 0 saturated carbocycles. The molecule has 0 radical (unpaired) electrons. The van der Waals surface area contributed by atoms with Crippen LogP contribution in [-0.4, -0.2) is 69.9 Å². The first-order valence-electron chi connectivity index (χ1n) is 17.0. The van der Waals surface area contributed by atoms with Crippen molar-refractivity contribution >= 4 is 18.6 Å². The van der Waals surface area contributed by atoms with E-state index in [0.29, 0.717) is 62.6 Å². The number of unbranched alkanes of at least 4 members (excludes halogenated alkanes) is 2. The van der Waals surface area contributed by atoms with Crippen LogP contribution in [0.2, 0.25) is 0 Å². The molecule has 0 saturated heterocycles. The zero-order valence-electron chi connectivity index (χ0n) is 30.8. The third-order valence-corrected chi connectivity index (χ3v) is 6.44. The maximum Gasteiger partial charge on any atom is 0.266 e. The Morgan fingerprint density at radius 3 is 1.78 bits per heavy atom. The zero-order chi connectivity index (χ0) is 40.1. The third-order valence-electron chi connectivity index (χ3n) is 6.44. The first-order chi connectivity index (χ1) is 26.4. The summed E-state index contributed by atoms with van der Waals surface area (Å²) < 4.78 is 52.2. The van der Waals surface area contributed by atoms with E-state index in [1.807, 2.05) is 111 Å². The molecule has 2 aromatic rings. The molecule has 0 aliphatic heterocycles. The molecule has 0 atom stereocenters. The fourth-order valence-electron chi connectivity index (χ4n) is 4.14. The average Bonchev–Trinajstić information content (AvgIpc) is 3.19. The van der Waals surface area contributed by atoms with E-state index in [-0.39, 0.29) is 26.8 Å². The predicted octanol–water partition coefficient (Wildman–Crippen LogP) is 8.86. The van der Waals surface area contributed by atoms with Crippen molar-refractivity contribution in [1.82, 2.24) is 0 Å². The summed E-state index contributed by atoms with van der Waals surface area (Å²) in [6, 6.07) is 15.9. The molecule has 1 aliphatic rings. The number of benzene rings is 2. The van der Waals surface area contributed by atoms with Crippen LogP contribution in [0.5, 0.6) is 5.75 Å². The Balaban J connectivity index is 0.00000283. The molecule has 2 aromatic carbocycles. The van der Waals surface area contributed by atoms with E-state index in [1.54, 1.807) is 12.2 Å². The maximum absolute atomic E-state index is 12.4. The van der Waals surface area contributed by atoms with Gasteiger partial charge in [0.25, 0.3) is 6.08 Å². The molecule has 11 heteroatoms. The molecule has 0 fully saturated rings. The standard InChI is InChI=1S/C36H40F2O7.C3H4O.C3H6.CH2O/c37-36(38)13-6-3-7-22-45-35-12-8-10-32(43-25-23-41-27-39)9-4-1-2-5-11-34(35)31-16-14-29(15-17-31)30-18-20-33(21-19-30)44-26-24-42-28-40;1-2-3-4;1-3-2;1-2/h1-2,4-5,8-21,39-40H,3,6-7,22-28H2;2-3H,1H2;3H,1H2,2H3;1H2/b2-1+,4-1?,5-2?,9-4-,10-8?,11-5-,12-8+,32-9?,32-10+,34-11?,35-12?,35-34-;;;. The van der Waals surface area contributed by atoms with Gasteiger partial charge in [0, 0.05) is 5.57 Å². The van der Waals surface area contributed by atoms with Crippen molar-refractivity contribution in [3.63, 3.8) is 0 Å². The second-order valence-electron chi connectivity index (χ2n) is 10.3. The second-order valence-corrected chi connectivity index (χ2v) is 10.3. The number of rotatable bonds is 19. The highest BCUT2D eigenvalue weighted by atomic mass is 19.3. The van der Waals surface area contributed by atoms with Crippen molar-refractivity contribution in [2.45, 2.75) is 26.2 Å². The van der Waals surface area contributed by atoms with Crippen LogP contribution in [0, 0.1) is 0 Å². The number of hydrogen-bond acceptors (Lipinski definition) is 9. The van der Waals surface area contributed by atoms with Crippen LogP contribution in [0.1, 0.15) is 31.7 Å². The zero-order valence-corrected chi connectivity index (χ0v) is 30.8. The SMILES string of the molecule is C=CC.C=CC=O.C=O.OCOCCOC1=C/C=C/C(OCCCCC=C(F)F)=C(c2ccc(-c3ccc(OCCOCO)cc3)cc2)\C=C/C=C/C=C\1. The van der Waals surface area contributed by atoms with E-state index in [2.05, 4.69) is 13.2 Å². The fraction of sp³-hybridized carbons (Fsp3) is 0.256. The Morgan fingerprint density at radius 1 is 0.685 bits per heavy atom. The summed E-state index contributed by atoms with van der Waals surface area (Å²) in [6.07, 6.45) is 21.2. The molecule has 9 nitrogen and oxygen atoms in total. The normalized spacial score (nSPS) is 16.4. The predicted molar refractivity (Wildman–Crippen MR) is 210 cm³/mol. The minimum absolute atomic E-state index is 0.249. The first kappa shape index (κ1) is 48.5. The quantitative estimate of drug-likeness (QED) is 0.0477. The van der Waals surface area contributed by atoms with E-state index < -0.39 is 6.08 Å². The molecule has 0 amide bonds. The number of carbonyl (C=O) groups is 2. The van der Waals surface area contributed by atoms with Gasteiger partial charge in [0.05, 0.1) is 19.8 Å². The third kappa shape index (κ3) is 23.9. The lowest BCUT2D eigenvalue weighted by atomic mass is 9.98. The first-order valence-corrected chi connectivity index (χ1v) is 17.0. The largest absolute Gasteiger partial charge is 0.493 e. The fourth-order valence-corrected chi connectivity index (χ4v) is 4.14. The highest BCUT2D eigenvalue weighted by Crippen LogP contribution is 2.28. The number of carbonyl (C=O) groups excluding carboxylic acids is 2. The van der Waals surface area contributed by atoms with Crippen molar-refractivity contribution < 1.29 is 52.3 Å². The minimum atomic E-state index is -1.67. The highest BCUT2D eigenvalue weighted by Gasteiger charge is 2.09. The summed E-state index contributed by atoms with van der Waals surface area (Å²) >= 11 is 0. The van der Waals surface area contributed by atoms with E-state index in [0.717, 1.165) is 28.3 Å². The van der Waals surface area contributed by atoms with Gasteiger partial charge in [-0.05, 0) is 85.4 Å². The molecule has 0 aromatic heterocycles. The van der Waals surface area contributed by atoms with Gasteiger partial charge in [0.15, 0.2) is 0 Å². The Labute approximate surface area is 317 Å². The van der Waals surface area contributed by atoms with Gasteiger partial charge in [-0.1, -0.05) is 85.5 Å². The lowest BCUT2D eigenvalue weighted by molar-refractivity contribution is -0.104. The van der Waals surface area contributed by atoms with Crippen LogP contribution in [0.4, 0.5) is 8.78 Å². The Morgan fingerprint density at radius 2 is 1.22 bits per heavy atom. The molecule has 0 bridgehead atoms. The van der Waals surface area contributed by atoms with E-state index in [9.17, 15) is 8.78 Å². The molecule has 0 spiro atoms. The topological polar surface area (TPSA) is 121 Å². The summed E-state index contributed by atoms with van der Waals surface area (Å²) in [5, 5.41) is 17.5. The summed E-state index contributed by atoms with van der Waals surface area (Å²) in [4.78, 5) is 17.1. The summed E-state index contributed by atoms with van der Waals surface area (Å²) in [5.74, 6) is 1.93. The van der Waals surface area contributed by atoms with Crippen molar-refractivity contribution in [2.75, 3.05) is 46.6 Å². The molecule has 3 rings (SSSR count). The van der Waals surface area contributed by atoms with Gasteiger partial charge in [-0.2, -0.15) is 8.78 Å². The van der Waals surface area contributed by atoms with Crippen LogP contribution < -0.4 is 4.74 Å². The smallest absolute Gasteiger partial charge is 0.266 e. The van der Waals surface area contributed by atoms with Gasteiger partial charge in [-0.15, -0.1) is 6.58 Å². The van der Waals surface area contributed by atoms with E-state index in [1.165, 1.54) is 6.08 Å². The number of aliphatic hydroxyl groups excluding tert-OH is 2. The van der Waals surface area contributed by atoms with Crippen LogP contribution >= 0.6 is 0 Å². The Kier molecular flexibility index (Phi) is 31.1. The van der Waals surface area contributed by atoms with Gasteiger partial charge in [-0.25, -0.2) is 0 Å². The summed E-state index contributed by atoms with van der Waals surface area (Å²) in [7, 11) is 0. The monoisotopic (exact) mass is 750 g/mol. The van der Waals surface area contributed by atoms with E-state index >= 15 is 0 Å².